The Morgan fingerprint density at radius 2 is 1.62 bits per heavy atom. The summed E-state index contributed by atoms with van der Waals surface area (Å²) in [6, 6.07) is 16.0. The van der Waals surface area contributed by atoms with Gasteiger partial charge in [-0.15, -0.1) is 0 Å². The van der Waals surface area contributed by atoms with Gasteiger partial charge in [-0.05, 0) is 42.5 Å². The second-order valence-corrected chi connectivity index (χ2v) is 9.12. The molecular formula is C25H27N3O4. The molecule has 2 N–H and O–H groups in total. The first kappa shape index (κ1) is 21.7. The van der Waals surface area contributed by atoms with Crippen LogP contribution in [0.5, 0.6) is 0 Å². The maximum atomic E-state index is 13.7. The van der Waals surface area contributed by atoms with Gasteiger partial charge in [0.25, 0.3) is 0 Å². The molecule has 166 valence electrons. The van der Waals surface area contributed by atoms with E-state index in [4.69, 9.17) is 4.74 Å². The number of rotatable bonds is 5. The van der Waals surface area contributed by atoms with Gasteiger partial charge in [-0.25, -0.2) is 4.79 Å². The molecule has 4 rings (SSSR count). The number of Topliss-reactive ketones (excluding diaryl/α,β-unsaturated/α-hetero) is 1. The molecule has 2 aliphatic carbocycles. The maximum Gasteiger partial charge on any atom is 0.339 e. The number of ether oxygens (including phenoxy) is 1. The number of hydrogen-bond acceptors (Lipinski definition) is 6. The molecular weight excluding hydrogens is 406 g/mol. The number of anilines is 2. The van der Waals surface area contributed by atoms with E-state index in [9.17, 15) is 14.4 Å². The van der Waals surface area contributed by atoms with Crippen molar-refractivity contribution in [3.8, 4) is 0 Å². The number of esters is 1. The predicted molar refractivity (Wildman–Crippen MR) is 122 cm³/mol. The minimum Gasteiger partial charge on any atom is -0.465 e. The fourth-order valence-corrected chi connectivity index (χ4v) is 5.21. The minimum absolute atomic E-state index is 0.239. The molecule has 2 bridgehead atoms. The number of fused-ring (bicyclic) bond motifs is 2. The summed E-state index contributed by atoms with van der Waals surface area (Å²) in [5.74, 6) is -1.24. The molecule has 2 aromatic carbocycles. The molecule has 2 atom stereocenters. The van der Waals surface area contributed by atoms with Crippen LogP contribution in [0.4, 0.5) is 11.4 Å². The van der Waals surface area contributed by atoms with Crippen molar-refractivity contribution in [1.29, 1.82) is 0 Å². The van der Waals surface area contributed by atoms with Gasteiger partial charge >= 0.3 is 5.97 Å². The first-order valence-electron chi connectivity index (χ1n) is 10.6. The van der Waals surface area contributed by atoms with Crippen molar-refractivity contribution in [3.63, 3.8) is 0 Å². The summed E-state index contributed by atoms with van der Waals surface area (Å²) < 4.78 is 4.83. The number of carbonyl (C=O) groups is 3. The highest BCUT2D eigenvalue weighted by Crippen LogP contribution is 2.69. The van der Waals surface area contributed by atoms with E-state index in [0.29, 0.717) is 24.2 Å². The number of hydrazone groups is 1. The zero-order valence-corrected chi connectivity index (χ0v) is 18.7. The molecule has 2 fully saturated rings. The lowest BCUT2D eigenvalue weighted by Crippen LogP contribution is -2.48. The fraction of sp³-hybridized carbons (Fsp3) is 0.360. The number of para-hydroxylation sites is 2. The SMILES string of the molecule is COC(=O)c1ccccc1NC(=O)C12CCC(C)(/C(=N/Nc3ccccc3)C1=O)C2(C)C. The number of ketones is 1. The van der Waals surface area contributed by atoms with Crippen molar-refractivity contribution in [2.45, 2.75) is 33.6 Å². The lowest BCUT2D eigenvalue weighted by Gasteiger charge is -2.37. The Kier molecular flexibility index (Phi) is 5.15. The van der Waals surface area contributed by atoms with Gasteiger partial charge in [0, 0.05) is 5.41 Å². The number of hydrogen-bond donors (Lipinski definition) is 2. The monoisotopic (exact) mass is 433 g/mol. The van der Waals surface area contributed by atoms with Crippen molar-refractivity contribution < 1.29 is 19.1 Å². The van der Waals surface area contributed by atoms with Crippen LogP contribution < -0.4 is 10.7 Å². The lowest BCUT2D eigenvalue weighted by molar-refractivity contribution is -0.140. The van der Waals surface area contributed by atoms with E-state index >= 15 is 0 Å². The van der Waals surface area contributed by atoms with Gasteiger partial charge in [0.05, 0.1) is 24.0 Å². The molecule has 7 nitrogen and oxygen atoms in total. The highest BCUT2D eigenvalue weighted by atomic mass is 16.5. The van der Waals surface area contributed by atoms with E-state index in [1.54, 1.807) is 24.3 Å². The zero-order chi connectivity index (χ0) is 23.1. The van der Waals surface area contributed by atoms with Crippen LogP contribution in [0.2, 0.25) is 0 Å². The molecule has 0 radical (unpaired) electrons. The molecule has 0 aliphatic heterocycles. The second-order valence-electron chi connectivity index (χ2n) is 9.12. The quantitative estimate of drug-likeness (QED) is 0.417. The minimum atomic E-state index is -1.28. The van der Waals surface area contributed by atoms with Crippen LogP contribution in [-0.2, 0) is 14.3 Å². The van der Waals surface area contributed by atoms with Crippen LogP contribution in [0.3, 0.4) is 0 Å². The Labute approximate surface area is 187 Å². The van der Waals surface area contributed by atoms with E-state index in [0.717, 1.165) is 5.69 Å². The van der Waals surface area contributed by atoms with E-state index in [1.807, 2.05) is 51.1 Å². The first-order chi connectivity index (χ1) is 15.2. The van der Waals surface area contributed by atoms with Crippen molar-refractivity contribution in [3.05, 3.63) is 60.2 Å². The summed E-state index contributed by atoms with van der Waals surface area (Å²) in [7, 11) is 1.29. The number of benzene rings is 2. The molecule has 2 aromatic rings. The summed E-state index contributed by atoms with van der Waals surface area (Å²) >= 11 is 0. The van der Waals surface area contributed by atoms with E-state index in [-0.39, 0.29) is 11.3 Å². The van der Waals surface area contributed by atoms with Gasteiger partial charge in [0.15, 0.2) is 5.78 Å². The average Bonchev–Trinajstić information content (AvgIpc) is 3.07. The molecule has 1 amide bonds. The van der Waals surface area contributed by atoms with Crippen molar-refractivity contribution >= 4 is 34.7 Å². The van der Waals surface area contributed by atoms with Crippen molar-refractivity contribution in [2.75, 3.05) is 17.9 Å². The summed E-state index contributed by atoms with van der Waals surface area (Å²) in [6.07, 6.45) is 1.08. The van der Waals surface area contributed by atoms with Gasteiger partial charge in [-0.3, -0.25) is 15.0 Å². The molecule has 2 saturated carbocycles. The molecule has 0 aromatic heterocycles. The normalized spacial score (nSPS) is 26.8. The zero-order valence-electron chi connectivity index (χ0n) is 18.7. The van der Waals surface area contributed by atoms with Gasteiger partial charge in [0.1, 0.15) is 11.1 Å². The van der Waals surface area contributed by atoms with Crippen LogP contribution in [0, 0.1) is 16.2 Å². The third-order valence-corrected chi connectivity index (χ3v) is 7.61. The number of nitrogens with zero attached hydrogens (tertiary/aromatic N) is 1. The summed E-state index contributed by atoms with van der Waals surface area (Å²) in [5, 5.41) is 7.33. The van der Waals surface area contributed by atoms with Crippen LogP contribution >= 0.6 is 0 Å². The first-order valence-corrected chi connectivity index (χ1v) is 10.6. The van der Waals surface area contributed by atoms with Crippen molar-refractivity contribution in [1.82, 2.24) is 0 Å². The van der Waals surface area contributed by atoms with Gasteiger partial charge in [-0.1, -0.05) is 51.1 Å². The number of methoxy groups -OCH3 is 1. The Balaban J connectivity index is 1.70. The van der Waals surface area contributed by atoms with Crippen LogP contribution in [0.15, 0.2) is 59.7 Å². The largest absolute Gasteiger partial charge is 0.465 e. The Morgan fingerprint density at radius 3 is 2.31 bits per heavy atom. The maximum absolute atomic E-state index is 13.7. The average molecular weight is 434 g/mol. The molecule has 2 unspecified atom stereocenters. The fourth-order valence-electron chi connectivity index (χ4n) is 5.21. The third kappa shape index (κ3) is 2.87. The molecule has 0 spiro atoms. The summed E-state index contributed by atoms with van der Waals surface area (Å²) in [5.41, 5.74) is 2.18. The van der Waals surface area contributed by atoms with E-state index in [1.165, 1.54) is 7.11 Å². The third-order valence-electron chi connectivity index (χ3n) is 7.61. The predicted octanol–water partition coefficient (Wildman–Crippen LogP) is 4.28. The molecule has 0 saturated heterocycles. The molecule has 0 heterocycles. The number of carbonyl (C=O) groups excluding carboxylic acids is 3. The number of amides is 1. The van der Waals surface area contributed by atoms with Crippen molar-refractivity contribution in [2.24, 2.45) is 21.3 Å². The van der Waals surface area contributed by atoms with Crippen LogP contribution in [0.1, 0.15) is 44.0 Å². The van der Waals surface area contributed by atoms with E-state index < -0.39 is 28.1 Å². The standard InChI is InChI=1S/C25H27N3O4/c1-23(2)24(3)14-15-25(23,20(29)19(24)28-27-16-10-6-5-7-11-16)22(31)26-18-13-9-8-12-17(18)21(30)32-4/h5-13,27H,14-15H2,1-4H3,(H,26,31)/b28-19+. The molecule has 2 aliphatic rings. The highest BCUT2D eigenvalue weighted by molar-refractivity contribution is 6.51. The summed E-state index contributed by atoms with van der Waals surface area (Å²) in [4.78, 5) is 39.5. The van der Waals surface area contributed by atoms with Gasteiger partial charge in [0.2, 0.25) is 5.91 Å². The van der Waals surface area contributed by atoms with Crippen LogP contribution in [0.25, 0.3) is 0 Å². The van der Waals surface area contributed by atoms with Gasteiger partial charge < -0.3 is 10.1 Å². The number of nitrogens with one attached hydrogen (secondary N) is 2. The topological polar surface area (TPSA) is 96.9 Å². The van der Waals surface area contributed by atoms with Crippen LogP contribution in [-0.4, -0.2) is 30.5 Å². The highest BCUT2D eigenvalue weighted by Gasteiger charge is 2.76. The Morgan fingerprint density at radius 1 is 0.969 bits per heavy atom. The Bertz CT molecular complexity index is 1130. The van der Waals surface area contributed by atoms with E-state index in [2.05, 4.69) is 15.8 Å². The summed E-state index contributed by atoms with van der Waals surface area (Å²) in [6.45, 7) is 5.91. The Hall–Kier alpha value is -3.48. The smallest absolute Gasteiger partial charge is 0.339 e. The lowest BCUT2D eigenvalue weighted by atomic mass is 9.64. The second kappa shape index (κ2) is 7.58. The molecule has 7 heteroatoms. The van der Waals surface area contributed by atoms with Gasteiger partial charge in [-0.2, -0.15) is 5.10 Å². The molecule has 32 heavy (non-hydrogen) atoms.